The minimum absolute atomic E-state index is 0.0898. The molecule has 0 atom stereocenters. The first-order valence-electron chi connectivity index (χ1n) is 7.23. The Balaban J connectivity index is 1.68. The lowest BCUT2D eigenvalue weighted by Gasteiger charge is -2.13. The molecule has 22 heavy (non-hydrogen) atoms. The molecule has 3 rings (SSSR count). The van der Waals surface area contributed by atoms with Crippen molar-refractivity contribution >= 4 is 23.4 Å². The van der Waals surface area contributed by atoms with Crippen LogP contribution >= 0.6 is 0 Å². The van der Waals surface area contributed by atoms with Crippen molar-refractivity contribution in [1.29, 1.82) is 0 Å². The maximum atomic E-state index is 12.0. The summed E-state index contributed by atoms with van der Waals surface area (Å²) in [6, 6.07) is 7.39. The van der Waals surface area contributed by atoms with Gasteiger partial charge in [-0.2, -0.15) is 0 Å². The molecule has 0 bridgehead atoms. The van der Waals surface area contributed by atoms with Crippen molar-refractivity contribution in [2.75, 3.05) is 11.9 Å². The molecular weight excluding hydrogens is 282 g/mol. The molecule has 6 heteroatoms. The van der Waals surface area contributed by atoms with Crippen molar-refractivity contribution in [3.63, 3.8) is 0 Å². The summed E-state index contributed by atoms with van der Waals surface area (Å²) in [6.07, 6.45) is 3.48. The van der Waals surface area contributed by atoms with Crippen LogP contribution in [0.15, 0.2) is 36.0 Å². The van der Waals surface area contributed by atoms with E-state index >= 15 is 0 Å². The van der Waals surface area contributed by atoms with Crippen molar-refractivity contribution < 1.29 is 14.4 Å². The molecular formula is C16H17N3O3. The second-order valence-corrected chi connectivity index (χ2v) is 5.57. The number of amides is 3. The van der Waals surface area contributed by atoms with Gasteiger partial charge in [-0.1, -0.05) is 6.07 Å². The third-order valence-electron chi connectivity index (χ3n) is 3.61. The fourth-order valence-corrected chi connectivity index (χ4v) is 2.28. The number of nitrogens with one attached hydrogen (secondary N) is 2. The Morgan fingerprint density at radius 2 is 2.05 bits per heavy atom. The Bertz CT molecular complexity index is 677. The zero-order valence-electron chi connectivity index (χ0n) is 12.3. The Morgan fingerprint density at radius 3 is 2.68 bits per heavy atom. The van der Waals surface area contributed by atoms with Crippen LogP contribution in [0.3, 0.4) is 0 Å². The number of hydrogen-bond acceptors (Lipinski definition) is 4. The van der Waals surface area contributed by atoms with Crippen LogP contribution in [-0.4, -0.2) is 35.2 Å². The van der Waals surface area contributed by atoms with Gasteiger partial charge in [-0.25, -0.2) is 0 Å². The Hall–Kier alpha value is -2.63. The fraction of sp³-hybridized carbons (Fsp3) is 0.312. The van der Waals surface area contributed by atoms with E-state index in [1.165, 1.54) is 13.0 Å². The first-order chi connectivity index (χ1) is 10.5. The van der Waals surface area contributed by atoms with Crippen LogP contribution in [0.5, 0.6) is 0 Å². The molecule has 2 aliphatic rings. The number of carbonyl (C=O) groups excluding carboxylic acids is 3. The van der Waals surface area contributed by atoms with E-state index in [9.17, 15) is 14.4 Å². The molecule has 2 N–H and O–H groups in total. The molecule has 0 spiro atoms. The van der Waals surface area contributed by atoms with E-state index in [0.29, 0.717) is 23.0 Å². The van der Waals surface area contributed by atoms with Crippen LogP contribution in [0, 0.1) is 0 Å². The lowest BCUT2D eigenvalue weighted by Crippen LogP contribution is -2.31. The predicted octanol–water partition coefficient (Wildman–Crippen LogP) is 1.26. The van der Waals surface area contributed by atoms with Gasteiger partial charge in [-0.05, 0) is 31.0 Å². The zero-order chi connectivity index (χ0) is 15.7. The highest BCUT2D eigenvalue weighted by Gasteiger charge is 2.25. The topological polar surface area (TPSA) is 78.5 Å². The molecule has 1 aromatic rings. The van der Waals surface area contributed by atoms with Crippen LogP contribution in [0.4, 0.5) is 5.69 Å². The smallest absolute Gasteiger partial charge is 0.255 e. The van der Waals surface area contributed by atoms with Gasteiger partial charge in [0.25, 0.3) is 11.8 Å². The van der Waals surface area contributed by atoms with Gasteiger partial charge < -0.3 is 10.6 Å². The summed E-state index contributed by atoms with van der Waals surface area (Å²) in [5.41, 5.74) is 1.93. The molecule has 0 saturated heterocycles. The van der Waals surface area contributed by atoms with E-state index in [1.54, 1.807) is 18.2 Å². The van der Waals surface area contributed by atoms with Crippen molar-refractivity contribution in [2.45, 2.75) is 25.8 Å². The molecule has 1 heterocycles. The molecule has 0 unspecified atom stereocenters. The van der Waals surface area contributed by atoms with E-state index in [1.807, 2.05) is 6.07 Å². The van der Waals surface area contributed by atoms with E-state index in [-0.39, 0.29) is 24.3 Å². The lowest BCUT2D eigenvalue weighted by molar-refractivity contribution is -0.138. The Labute approximate surface area is 128 Å². The van der Waals surface area contributed by atoms with Crippen LogP contribution in [0.25, 0.3) is 0 Å². The number of benzene rings is 1. The summed E-state index contributed by atoms with van der Waals surface area (Å²) >= 11 is 0. The summed E-state index contributed by atoms with van der Waals surface area (Å²) in [5.74, 6) is -0.693. The standard InChI is InChI=1S/C16H17N3O3/c1-10(20)19-9-14(8-15(19)21)17-13-4-2-3-11(7-13)16(22)18-12-5-6-12/h2-4,7-8,12,17H,5-6,9H2,1H3,(H,18,22). The van der Waals surface area contributed by atoms with Gasteiger partial charge in [-0.3, -0.25) is 19.3 Å². The van der Waals surface area contributed by atoms with E-state index in [4.69, 9.17) is 0 Å². The molecule has 3 amide bonds. The first-order valence-corrected chi connectivity index (χ1v) is 7.23. The van der Waals surface area contributed by atoms with Crippen molar-refractivity contribution in [2.24, 2.45) is 0 Å². The molecule has 1 aromatic carbocycles. The number of hydrogen-bond donors (Lipinski definition) is 2. The summed E-state index contributed by atoms with van der Waals surface area (Å²) in [4.78, 5) is 36.1. The molecule has 1 aliphatic heterocycles. The summed E-state index contributed by atoms with van der Waals surface area (Å²) < 4.78 is 0. The maximum Gasteiger partial charge on any atom is 0.255 e. The van der Waals surface area contributed by atoms with Crippen molar-refractivity contribution in [3.8, 4) is 0 Å². The molecule has 1 aliphatic carbocycles. The number of nitrogens with zero attached hydrogens (tertiary/aromatic N) is 1. The van der Waals surface area contributed by atoms with Gasteiger partial charge in [0.2, 0.25) is 5.91 Å². The van der Waals surface area contributed by atoms with E-state index in [0.717, 1.165) is 17.7 Å². The average molecular weight is 299 g/mol. The third kappa shape index (κ3) is 3.16. The van der Waals surface area contributed by atoms with Gasteiger partial charge in [0.15, 0.2) is 0 Å². The highest BCUT2D eigenvalue weighted by Crippen LogP contribution is 2.21. The molecule has 0 aromatic heterocycles. The van der Waals surface area contributed by atoms with Crippen LogP contribution in [0.2, 0.25) is 0 Å². The highest BCUT2D eigenvalue weighted by molar-refractivity contribution is 6.03. The molecule has 0 radical (unpaired) electrons. The molecule has 1 fully saturated rings. The quantitative estimate of drug-likeness (QED) is 0.877. The van der Waals surface area contributed by atoms with Gasteiger partial charge in [0.05, 0.1) is 6.54 Å². The molecule has 1 saturated carbocycles. The van der Waals surface area contributed by atoms with Crippen LogP contribution in [-0.2, 0) is 9.59 Å². The van der Waals surface area contributed by atoms with Gasteiger partial charge >= 0.3 is 0 Å². The SMILES string of the molecule is CC(=O)N1CC(Nc2cccc(C(=O)NC3CC3)c2)=CC1=O. The zero-order valence-corrected chi connectivity index (χ0v) is 12.3. The minimum Gasteiger partial charge on any atom is -0.357 e. The number of imide groups is 1. The van der Waals surface area contributed by atoms with Gasteiger partial charge in [0, 0.05) is 36.0 Å². The number of carbonyl (C=O) groups is 3. The summed E-state index contributed by atoms with van der Waals surface area (Å²) in [7, 11) is 0. The fourth-order valence-electron chi connectivity index (χ4n) is 2.28. The van der Waals surface area contributed by atoms with Crippen molar-refractivity contribution in [3.05, 3.63) is 41.6 Å². The number of anilines is 1. The average Bonchev–Trinajstić information content (AvgIpc) is 3.21. The largest absolute Gasteiger partial charge is 0.357 e. The van der Waals surface area contributed by atoms with Crippen LogP contribution < -0.4 is 10.6 Å². The van der Waals surface area contributed by atoms with Crippen LogP contribution in [0.1, 0.15) is 30.1 Å². The summed E-state index contributed by atoms with van der Waals surface area (Å²) in [6.45, 7) is 1.59. The lowest BCUT2D eigenvalue weighted by atomic mass is 10.2. The third-order valence-corrected chi connectivity index (χ3v) is 3.61. The second kappa shape index (κ2) is 5.63. The van der Waals surface area contributed by atoms with E-state index in [2.05, 4.69) is 10.6 Å². The number of rotatable bonds is 4. The normalized spacial score (nSPS) is 17.2. The van der Waals surface area contributed by atoms with Gasteiger partial charge in [0.1, 0.15) is 0 Å². The van der Waals surface area contributed by atoms with Gasteiger partial charge in [-0.15, -0.1) is 0 Å². The second-order valence-electron chi connectivity index (χ2n) is 5.57. The highest BCUT2D eigenvalue weighted by atomic mass is 16.2. The monoisotopic (exact) mass is 299 g/mol. The molecule has 6 nitrogen and oxygen atoms in total. The Morgan fingerprint density at radius 1 is 1.27 bits per heavy atom. The predicted molar refractivity (Wildman–Crippen MR) is 81.0 cm³/mol. The van der Waals surface area contributed by atoms with E-state index < -0.39 is 0 Å². The Kier molecular flexibility index (Phi) is 3.66. The maximum absolute atomic E-state index is 12.0. The first kappa shape index (κ1) is 14.3. The van der Waals surface area contributed by atoms with Crippen molar-refractivity contribution in [1.82, 2.24) is 10.2 Å². The molecule has 114 valence electrons. The minimum atomic E-state index is -0.322. The summed E-state index contributed by atoms with van der Waals surface area (Å²) in [5, 5.41) is 6.02.